The Morgan fingerprint density at radius 1 is 0.923 bits per heavy atom. The van der Waals surface area contributed by atoms with Gasteiger partial charge in [0.05, 0.1) is 11.4 Å². The fourth-order valence-corrected chi connectivity index (χ4v) is 3.29. The smallest absolute Gasteiger partial charge is 0.265 e. The third-order valence-corrected chi connectivity index (χ3v) is 4.75. The molecular weight excluding hydrogens is 336 g/mol. The van der Waals surface area contributed by atoms with Crippen molar-refractivity contribution in [1.82, 2.24) is 24.2 Å². The van der Waals surface area contributed by atoms with Crippen molar-refractivity contribution >= 4 is 5.65 Å². The Hall–Kier alpha value is -2.38. The van der Waals surface area contributed by atoms with Gasteiger partial charge < -0.3 is 4.40 Å². The van der Waals surface area contributed by atoms with E-state index in [-0.39, 0.29) is 5.56 Å². The Balaban J connectivity index is 1.29. The molecule has 0 spiro atoms. The monoisotopic (exact) mass is 357 g/mol. The molecule has 136 valence electrons. The number of piperazine rings is 1. The zero-order valence-electron chi connectivity index (χ0n) is 14.4. The SMILES string of the molecule is FC(F)c1ccc(CN2CCN(Cc3cn4ccccc4n3)CC2)nc1. The topological polar surface area (TPSA) is 36.7 Å². The van der Waals surface area contributed by atoms with Gasteiger partial charge in [-0.2, -0.15) is 0 Å². The Kier molecular flexibility index (Phi) is 4.90. The molecule has 4 rings (SSSR count). The first-order valence-electron chi connectivity index (χ1n) is 8.78. The van der Waals surface area contributed by atoms with Crippen molar-refractivity contribution in [2.45, 2.75) is 19.5 Å². The van der Waals surface area contributed by atoms with Crippen LogP contribution in [0.5, 0.6) is 0 Å². The molecule has 0 N–H and O–H groups in total. The largest absolute Gasteiger partial charge is 0.307 e. The van der Waals surface area contributed by atoms with Gasteiger partial charge in [0.15, 0.2) is 0 Å². The lowest BCUT2D eigenvalue weighted by Gasteiger charge is -2.34. The van der Waals surface area contributed by atoms with Crippen molar-refractivity contribution in [1.29, 1.82) is 0 Å². The summed E-state index contributed by atoms with van der Waals surface area (Å²) in [5, 5.41) is 0. The lowest BCUT2D eigenvalue weighted by molar-refractivity contribution is 0.120. The van der Waals surface area contributed by atoms with E-state index in [9.17, 15) is 8.78 Å². The van der Waals surface area contributed by atoms with Gasteiger partial charge in [0.1, 0.15) is 5.65 Å². The van der Waals surface area contributed by atoms with Crippen LogP contribution in [0.25, 0.3) is 5.65 Å². The van der Waals surface area contributed by atoms with E-state index in [1.54, 1.807) is 6.07 Å². The highest BCUT2D eigenvalue weighted by Crippen LogP contribution is 2.18. The molecule has 0 aromatic carbocycles. The van der Waals surface area contributed by atoms with Gasteiger partial charge in [0.2, 0.25) is 0 Å². The van der Waals surface area contributed by atoms with Gasteiger partial charge in [-0.25, -0.2) is 13.8 Å². The molecule has 0 saturated carbocycles. The summed E-state index contributed by atoms with van der Waals surface area (Å²) in [6, 6.07) is 9.16. The average molecular weight is 357 g/mol. The van der Waals surface area contributed by atoms with Gasteiger partial charge in [-0.15, -0.1) is 0 Å². The van der Waals surface area contributed by atoms with Crippen LogP contribution in [0.15, 0.2) is 48.9 Å². The summed E-state index contributed by atoms with van der Waals surface area (Å²) in [6.45, 7) is 5.34. The van der Waals surface area contributed by atoms with Gasteiger partial charge in [-0.05, 0) is 24.3 Å². The van der Waals surface area contributed by atoms with Crippen LogP contribution in [0.2, 0.25) is 0 Å². The maximum Gasteiger partial charge on any atom is 0.265 e. The number of fused-ring (bicyclic) bond motifs is 1. The van der Waals surface area contributed by atoms with Crippen molar-refractivity contribution in [3.05, 3.63) is 65.9 Å². The van der Waals surface area contributed by atoms with E-state index in [0.29, 0.717) is 6.54 Å². The molecule has 1 aliphatic heterocycles. The number of rotatable bonds is 5. The molecule has 4 heterocycles. The molecule has 3 aromatic heterocycles. The first kappa shape index (κ1) is 17.1. The molecule has 1 aliphatic rings. The maximum atomic E-state index is 12.6. The van der Waals surface area contributed by atoms with E-state index in [2.05, 4.69) is 26.0 Å². The second-order valence-corrected chi connectivity index (χ2v) is 6.63. The quantitative estimate of drug-likeness (QED) is 0.703. The summed E-state index contributed by atoms with van der Waals surface area (Å²) < 4.78 is 27.2. The van der Waals surface area contributed by atoms with Crippen molar-refractivity contribution in [3.63, 3.8) is 0 Å². The number of nitrogens with zero attached hydrogens (tertiary/aromatic N) is 5. The van der Waals surface area contributed by atoms with E-state index in [1.807, 2.05) is 28.8 Å². The minimum Gasteiger partial charge on any atom is -0.307 e. The van der Waals surface area contributed by atoms with Crippen molar-refractivity contribution in [3.8, 4) is 0 Å². The molecule has 0 amide bonds. The van der Waals surface area contributed by atoms with E-state index in [4.69, 9.17) is 0 Å². The van der Waals surface area contributed by atoms with Gasteiger partial charge >= 0.3 is 0 Å². The minimum absolute atomic E-state index is 0.0222. The first-order valence-corrected chi connectivity index (χ1v) is 8.78. The van der Waals surface area contributed by atoms with Crippen molar-refractivity contribution < 1.29 is 8.78 Å². The predicted octanol–water partition coefficient (Wildman–Crippen LogP) is 2.98. The van der Waals surface area contributed by atoms with Crippen LogP contribution in [0.3, 0.4) is 0 Å². The van der Waals surface area contributed by atoms with E-state index >= 15 is 0 Å². The number of hydrogen-bond acceptors (Lipinski definition) is 4. The van der Waals surface area contributed by atoms with E-state index in [0.717, 1.165) is 49.8 Å². The Bertz CT molecular complexity index is 821. The summed E-state index contributed by atoms with van der Waals surface area (Å²) in [7, 11) is 0. The minimum atomic E-state index is -2.46. The van der Waals surface area contributed by atoms with Gasteiger partial charge in [0.25, 0.3) is 6.43 Å². The van der Waals surface area contributed by atoms with Gasteiger partial charge in [0, 0.05) is 63.4 Å². The van der Waals surface area contributed by atoms with Gasteiger partial charge in [-0.1, -0.05) is 6.07 Å². The molecule has 0 radical (unpaired) electrons. The summed E-state index contributed by atoms with van der Waals surface area (Å²) in [5.41, 5.74) is 2.86. The van der Waals surface area contributed by atoms with Gasteiger partial charge in [-0.3, -0.25) is 14.8 Å². The summed E-state index contributed by atoms with van der Waals surface area (Å²) in [5.74, 6) is 0. The van der Waals surface area contributed by atoms with Crippen LogP contribution in [0.4, 0.5) is 8.78 Å². The summed E-state index contributed by atoms with van der Waals surface area (Å²) in [4.78, 5) is 13.5. The highest BCUT2D eigenvalue weighted by molar-refractivity contribution is 5.39. The van der Waals surface area contributed by atoms with Crippen LogP contribution >= 0.6 is 0 Å². The molecule has 5 nitrogen and oxygen atoms in total. The number of aromatic nitrogens is 3. The fraction of sp³-hybridized carbons (Fsp3) is 0.368. The lowest BCUT2D eigenvalue weighted by atomic mass is 10.2. The first-order chi connectivity index (χ1) is 12.7. The van der Waals surface area contributed by atoms with Crippen molar-refractivity contribution in [2.75, 3.05) is 26.2 Å². The molecule has 7 heteroatoms. The molecule has 0 aliphatic carbocycles. The standard InChI is InChI=1S/C19H21F2N5/c20-19(21)15-4-5-16(22-11-15)12-24-7-9-25(10-8-24)13-17-14-26-6-2-1-3-18(26)23-17/h1-6,11,14,19H,7-10,12-13H2. The zero-order chi connectivity index (χ0) is 17.9. The van der Waals surface area contributed by atoms with E-state index < -0.39 is 6.43 Å². The molecule has 3 aromatic rings. The molecule has 1 saturated heterocycles. The number of imidazole rings is 1. The van der Waals surface area contributed by atoms with Crippen LogP contribution in [-0.2, 0) is 13.1 Å². The normalized spacial score (nSPS) is 16.6. The molecule has 0 unspecified atom stereocenters. The average Bonchev–Trinajstić information content (AvgIpc) is 3.06. The molecule has 26 heavy (non-hydrogen) atoms. The number of pyridine rings is 2. The Labute approximate surface area is 150 Å². The second kappa shape index (κ2) is 7.47. The van der Waals surface area contributed by atoms with Crippen LogP contribution in [0, 0.1) is 0 Å². The fourth-order valence-electron chi connectivity index (χ4n) is 3.29. The van der Waals surface area contributed by atoms with Crippen LogP contribution in [0.1, 0.15) is 23.4 Å². The van der Waals surface area contributed by atoms with Crippen molar-refractivity contribution in [2.24, 2.45) is 0 Å². The highest BCUT2D eigenvalue weighted by atomic mass is 19.3. The third-order valence-electron chi connectivity index (χ3n) is 4.75. The number of alkyl halides is 2. The number of halogens is 2. The lowest BCUT2D eigenvalue weighted by Crippen LogP contribution is -2.45. The van der Waals surface area contributed by atoms with Crippen LogP contribution < -0.4 is 0 Å². The summed E-state index contributed by atoms with van der Waals surface area (Å²) >= 11 is 0. The molecule has 1 fully saturated rings. The third kappa shape index (κ3) is 3.89. The number of hydrogen-bond donors (Lipinski definition) is 0. The van der Waals surface area contributed by atoms with Crippen LogP contribution in [-0.4, -0.2) is 50.3 Å². The summed E-state index contributed by atoms with van der Waals surface area (Å²) in [6.07, 6.45) is 2.91. The Morgan fingerprint density at radius 3 is 2.27 bits per heavy atom. The highest BCUT2D eigenvalue weighted by Gasteiger charge is 2.18. The second-order valence-electron chi connectivity index (χ2n) is 6.63. The van der Waals surface area contributed by atoms with E-state index in [1.165, 1.54) is 12.3 Å². The molecular formula is C19H21F2N5. The zero-order valence-corrected chi connectivity index (χ0v) is 14.4. The molecule has 0 atom stereocenters. The predicted molar refractivity (Wildman–Crippen MR) is 94.9 cm³/mol. The molecule has 0 bridgehead atoms. The Morgan fingerprint density at radius 2 is 1.65 bits per heavy atom. The maximum absolute atomic E-state index is 12.6.